The minimum absolute atomic E-state index is 0.0125. The molecule has 1 N–H and O–H groups in total. The summed E-state index contributed by atoms with van der Waals surface area (Å²) < 4.78 is 8.01. The van der Waals surface area contributed by atoms with E-state index < -0.39 is 16.9 Å². The van der Waals surface area contributed by atoms with Gasteiger partial charge >= 0.3 is 5.97 Å². The van der Waals surface area contributed by atoms with Gasteiger partial charge in [-0.15, -0.1) is 0 Å². The topological polar surface area (TPSA) is 101 Å². The van der Waals surface area contributed by atoms with Crippen molar-refractivity contribution in [3.63, 3.8) is 0 Å². The van der Waals surface area contributed by atoms with Gasteiger partial charge in [-0.25, -0.2) is 9.67 Å². The summed E-state index contributed by atoms with van der Waals surface area (Å²) in [7, 11) is 0. The molecule has 2 saturated heterocycles. The van der Waals surface area contributed by atoms with Crippen molar-refractivity contribution >= 4 is 28.5 Å². The van der Waals surface area contributed by atoms with Crippen LogP contribution in [-0.4, -0.2) is 68.9 Å². The zero-order valence-electron chi connectivity index (χ0n) is 29.4. The first-order valence-electron chi connectivity index (χ1n) is 17.9. The molecule has 1 atom stereocenters. The molecule has 262 valence electrons. The Morgan fingerprint density at radius 3 is 2.02 bits per heavy atom. The van der Waals surface area contributed by atoms with Crippen molar-refractivity contribution in [2.24, 2.45) is 5.41 Å². The SMILES string of the molecule is CC(C)Oc1ccc(-c2nn(C(c3ccccc3)(c3ccccc3)c3ccccc3)c3ccc(N4CC[C@]5(CCN(CC(=O)O)C5)C4=O)cc23)cn1. The number of aromatic nitrogens is 3. The van der Waals surface area contributed by atoms with Crippen LogP contribution in [0.1, 0.15) is 43.4 Å². The fourth-order valence-corrected chi connectivity index (χ4v) is 8.21. The van der Waals surface area contributed by atoms with E-state index in [-0.39, 0.29) is 18.6 Å². The first-order chi connectivity index (χ1) is 25.3. The highest BCUT2D eigenvalue weighted by Gasteiger charge is 2.51. The van der Waals surface area contributed by atoms with Crippen LogP contribution in [0.25, 0.3) is 22.2 Å². The monoisotopic (exact) mass is 691 g/mol. The van der Waals surface area contributed by atoms with Crippen LogP contribution in [0.3, 0.4) is 0 Å². The Labute approximate surface area is 303 Å². The van der Waals surface area contributed by atoms with E-state index in [0.717, 1.165) is 44.5 Å². The number of carbonyl (C=O) groups is 2. The van der Waals surface area contributed by atoms with Crippen molar-refractivity contribution in [1.29, 1.82) is 0 Å². The lowest BCUT2D eigenvalue weighted by Crippen LogP contribution is -2.38. The van der Waals surface area contributed by atoms with Crippen LogP contribution in [0.15, 0.2) is 128 Å². The first-order valence-corrected chi connectivity index (χ1v) is 17.9. The molecule has 8 rings (SSSR count). The summed E-state index contributed by atoms with van der Waals surface area (Å²) in [6, 6.07) is 41.4. The van der Waals surface area contributed by atoms with Crippen molar-refractivity contribution in [3.05, 3.63) is 144 Å². The predicted molar refractivity (Wildman–Crippen MR) is 201 cm³/mol. The third-order valence-electron chi connectivity index (χ3n) is 10.5. The maximum absolute atomic E-state index is 14.2. The number of benzene rings is 4. The Bertz CT molecular complexity index is 2120. The summed E-state index contributed by atoms with van der Waals surface area (Å²) in [6.45, 7) is 5.53. The van der Waals surface area contributed by atoms with Gasteiger partial charge in [0.05, 0.1) is 23.6 Å². The minimum Gasteiger partial charge on any atom is -0.480 e. The molecule has 0 unspecified atom stereocenters. The van der Waals surface area contributed by atoms with Gasteiger partial charge in [0.1, 0.15) is 11.2 Å². The van der Waals surface area contributed by atoms with Crippen molar-refractivity contribution in [2.75, 3.05) is 31.1 Å². The molecule has 9 nitrogen and oxygen atoms in total. The number of nitrogens with zero attached hydrogens (tertiary/aromatic N) is 5. The van der Waals surface area contributed by atoms with Gasteiger partial charge in [-0.3, -0.25) is 14.5 Å². The van der Waals surface area contributed by atoms with Gasteiger partial charge in [-0.05, 0) is 74.2 Å². The van der Waals surface area contributed by atoms with E-state index >= 15 is 0 Å². The van der Waals surface area contributed by atoms with Crippen LogP contribution in [0, 0.1) is 5.41 Å². The Morgan fingerprint density at radius 2 is 1.46 bits per heavy atom. The number of rotatable bonds is 10. The van der Waals surface area contributed by atoms with E-state index in [1.807, 2.05) is 60.0 Å². The smallest absolute Gasteiger partial charge is 0.317 e. The Balaban J connectivity index is 1.34. The molecule has 0 aliphatic carbocycles. The highest BCUT2D eigenvalue weighted by molar-refractivity contribution is 6.03. The van der Waals surface area contributed by atoms with E-state index in [2.05, 4.69) is 94.6 Å². The number of anilines is 1. The highest BCUT2D eigenvalue weighted by atomic mass is 16.5. The average molecular weight is 692 g/mol. The van der Waals surface area contributed by atoms with Gasteiger partial charge in [0.15, 0.2) is 0 Å². The van der Waals surface area contributed by atoms with Crippen LogP contribution >= 0.6 is 0 Å². The number of carbonyl (C=O) groups excluding carboxylic acids is 1. The number of hydrogen-bond acceptors (Lipinski definition) is 6. The molecule has 1 spiro atoms. The second-order valence-electron chi connectivity index (χ2n) is 14.2. The van der Waals surface area contributed by atoms with E-state index in [1.165, 1.54) is 0 Å². The second kappa shape index (κ2) is 13.4. The molecule has 2 aromatic heterocycles. The molecule has 2 fully saturated rings. The molecule has 0 radical (unpaired) electrons. The molecule has 52 heavy (non-hydrogen) atoms. The third kappa shape index (κ3) is 5.71. The van der Waals surface area contributed by atoms with Gasteiger partial charge in [0, 0.05) is 42.0 Å². The summed E-state index contributed by atoms with van der Waals surface area (Å²) in [6.07, 6.45) is 3.14. The van der Waals surface area contributed by atoms with Crippen LogP contribution in [0.5, 0.6) is 5.88 Å². The Morgan fingerprint density at radius 1 is 0.846 bits per heavy atom. The number of ether oxygens (including phenoxy) is 1. The molecule has 6 aromatic rings. The van der Waals surface area contributed by atoms with E-state index in [0.29, 0.717) is 38.4 Å². The number of likely N-dealkylation sites (tertiary alicyclic amines) is 1. The number of carboxylic acid groups (broad SMARTS) is 1. The summed E-state index contributed by atoms with van der Waals surface area (Å²) in [5.74, 6) is -0.278. The molecule has 2 aliphatic rings. The number of fused-ring (bicyclic) bond motifs is 1. The van der Waals surface area contributed by atoms with Crippen LogP contribution in [-0.2, 0) is 15.1 Å². The largest absolute Gasteiger partial charge is 0.480 e. The summed E-state index contributed by atoms with van der Waals surface area (Å²) in [4.78, 5) is 34.1. The molecule has 9 heteroatoms. The zero-order chi connectivity index (χ0) is 35.9. The zero-order valence-corrected chi connectivity index (χ0v) is 29.4. The predicted octanol–water partition coefficient (Wildman–Crippen LogP) is 7.24. The molecular weight excluding hydrogens is 651 g/mol. The minimum atomic E-state index is -0.870. The van der Waals surface area contributed by atoms with Crippen LogP contribution < -0.4 is 9.64 Å². The van der Waals surface area contributed by atoms with Crippen molar-refractivity contribution < 1.29 is 19.4 Å². The third-order valence-corrected chi connectivity index (χ3v) is 10.5. The van der Waals surface area contributed by atoms with E-state index in [1.54, 1.807) is 6.20 Å². The summed E-state index contributed by atoms with van der Waals surface area (Å²) in [5.41, 5.74) is 4.97. The molecule has 4 heterocycles. The molecule has 4 aromatic carbocycles. The van der Waals surface area contributed by atoms with Crippen molar-refractivity contribution in [2.45, 2.75) is 38.3 Å². The van der Waals surface area contributed by atoms with Gasteiger partial charge in [-0.2, -0.15) is 5.10 Å². The number of amides is 1. The Kier molecular flexibility index (Phi) is 8.59. The summed E-state index contributed by atoms with van der Waals surface area (Å²) >= 11 is 0. The van der Waals surface area contributed by atoms with Crippen LogP contribution in [0.2, 0.25) is 0 Å². The lowest BCUT2D eigenvalue weighted by Gasteiger charge is -2.37. The summed E-state index contributed by atoms with van der Waals surface area (Å²) in [5, 5.41) is 15.8. The fourth-order valence-electron chi connectivity index (χ4n) is 8.21. The quantitative estimate of drug-likeness (QED) is 0.151. The van der Waals surface area contributed by atoms with Gasteiger partial charge in [0.2, 0.25) is 11.8 Å². The Hall–Kier alpha value is -5.80. The second-order valence-corrected chi connectivity index (χ2v) is 14.2. The maximum Gasteiger partial charge on any atom is 0.317 e. The lowest BCUT2D eigenvalue weighted by atomic mass is 9.77. The number of aliphatic carboxylic acids is 1. The molecule has 2 aliphatic heterocycles. The highest BCUT2D eigenvalue weighted by Crippen LogP contribution is 2.46. The number of hydrogen-bond donors (Lipinski definition) is 1. The average Bonchev–Trinajstić information content (AvgIpc) is 3.85. The number of pyridine rings is 1. The van der Waals surface area contributed by atoms with Gasteiger partial charge in [0.25, 0.3) is 0 Å². The lowest BCUT2D eigenvalue weighted by molar-refractivity contribution is -0.138. The van der Waals surface area contributed by atoms with Gasteiger partial charge < -0.3 is 14.7 Å². The van der Waals surface area contributed by atoms with E-state index in [4.69, 9.17) is 9.84 Å². The molecular formula is C43H41N5O4. The van der Waals surface area contributed by atoms with Crippen molar-refractivity contribution in [3.8, 4) is 17.1 Å². The number of carboxylic acids is 1. The van der Waals surface area contributed by atoms with Crippen LogP contribution in [0.4, 0.5) is 5.69 Å². The maximum atomic E-state index is 14.2. The fraction of sp³-hybridized carbons (Fsp3) is 0.256. The molecule has 0 saturated carbocycles. The molecule has 0 bridgehead atoms. The standard InChI is InChI=1S/C43H41N5O4/c1-30(2)52-38-21-18-31(27-44-38)40-36-26-35(47-25-23-42(41(47)51)22-24-46(29-42)28-39(49)50)19-20-37(36)48(45-40)43(32-12-6-3-7-13-32,33-14-8-4-9-15-33)34-16-10-5-11-17-34/h3-21,26-27,30H,22-25,28-29H2,1-2H3,(H,49,50)/t42-/m0/s1. The van der Waals surface area contributed by atoms with Crippen molar-refractivity contribution in [1.82, 2.24) is 19.7 Å². The normalized spacial score (nSPS) is 17.8. The first kappa shape index (κ1) is 33.3. The van der Waals surface area contributed by atoms with E-state index in [9.17, 15) is 14.7 Å². The van der Waals surface area contributed by atoms with Gasteiger partial charge in [-0.1, -0.05) is 91.0 Å². The molecule has 1 amide bonds.